The summed E-state index contributed by atoms with van der Waals surface area (Å²) in [5.74, 6) is 0.855. The minimum Gasteiger partial charge on any atom is -0.485 e. The first-order valence-corrected chi connectivity index (χ1v) is 10.4. The number of rotatable bonds is 3. The maximum Gasteiger partial charge on any atom is 0.343 e. The molecule has 158 valence electrons. The third-order valence-corrected chi connectivity index (χ3v) is 5.50. The van der Waals surface area contributed by atoms with Crippen molar-refractivity contribution in [3.8, 4) is 17.2 Å². The lowest BCUT2D eigenvalue weighted by Crippen LogP contribution is -2.18. The Bertz CT molecular complexity index is 1300. The van der Waals surface area contributed by atoms with Gasteiger partial charge in [-0.2, -0.15) is 0 Å². The zero-order valence-corrected chi connectivity index (χ0v) is 17.8. The minimum atomic E-state index is -0.529. The quantitative estimate of drug-likeness (QED) is 0.286. The van der Waals surface area contributed by atoms with Crippen LogP contribution < -0.4 is 14.2 Å². The molecule has 0 saturated carbocycles. The molecule has 5 nitrogen and oxygen atoms in total. The van der Waals surface area contributed by atoms with Gasteiger partial charge in [0.2, 0.25) is 5.78 Å². The van der Waals surface area contributed by atoms with E-state index in [1.165, 1.54) is 6.07 Å². The lowest BCUT2D eigenvalue weighted by Gasteiger charge is -2.22. The molecule has 5 rings (SSSR count). The maximum atomic E-state index is 12.8. The lowest BCUT2D eigenvalue weighted by atomic mass is 10.0. The van der Waals surface area contributed by atoms with Gasteiger partial charge in [-0.3, -0.25) is 4.79 Å². The molecule has 0 aliphatic carbocycles. The second kappa shape index (κ2) is 8.02. The Morgan fingerprint density at radius 1 is 1.03 bits per heavy atom. The molecule has 0 aromatic heterocycles. The Morgan fingerprint density at radius 2 is 1.81 bits per heavy atom. The summed E-state index contributed by atoms with van der Waals surface area (Å²) in [5.41, 5.74) is 2.55. The summed E-state index contributed by atoms with van der Waals surface area (Å²) in [5, 5.41) is 0.529. The number of ketones is 1. The molecule has 1 atom stereocenters. The number of carbonyl (C=O) groups excluding carboxylic acids is 2. The minimum absolute atomic E-state index is 0.197. The monoisotopic (exact) mass is 444 g/mol. The normalized spacial score (nSPS) is 17.7. The molecule has 0 amide bonds. The summed E-state index contributed by atoms with van der Waals surface area (Å²) in [4.78, 5) is 25.2. The fourth-order valence-corrected chi connectivity index (χ4v) is 3.68. The van der Waals surface area contributed by atoms with E-state index in [0.29, 0.717) is 21.9 Å². The number of allylic oxidation sites excluding steroid dienone is 1. The van der Waals surface area contributed by atoms with Crippen molar-refractivity contribution in [2.45, 2.75) is 13.0 Å². The molecule has 0 saturated heterocycles. The molecule has 32 heavy (non-hydrogen) atoms. The first kappa shape index (κ1) is 20.1. The van der Waals surface area contributed by atoms with Gasteiger partial charge in [-0.25, -0.2) is 4.79 Å². The highest BCUT2D eigenvalue weighted by Crippen LogP contribution is 2.36. The number of para-hydroxylation sites is 1. The Labute approximate surface area is 189 Å². The SMILES string of the molecule is CC1Oc2ccccc2C=C1/C=C1\Oc2cc(OC(=O)c3ccc(Cl)cc3)ccc2C1=O. The summed E-state index contributed by atoms with van der Waals surface area (Å²) >= 11 is 5.85. The average Bonchev–Trinajstić information content (AvgIpc) is 3.09. The van der Waals surface area contributed by atoms with Crippen LogP contribution in [0.3, 0.4) is 0 Å². The van der Waals surface area contributed by atoms with Gasteiger partial charge in [-0.05, 0) is 67.1 Å². The number of carbonyl (C=O) groups is 2. The van der Waals surface area contributed by atoms with Crippen LogP contribution in [-0.4, -0.2) is 17.9 Å². The summed E-state index contributed by atoms with van der Waals surface area (Å²) in [6, 6.07) is 18.8. The van der Waals surface area contributed by atoms with Crippen molar-refractivity contribution in [2.75, 3.05) is 0 Å². The van der Waals surface area contributed by atoms with Crippen LogP contribution >= 0.6 is 11.6 Å². The van der Waals surface area contributed by atoms with Crippen molar-refractivity contribution < 1.29 is 23.8 Å². The van der Waals surface area contributed by atoms with Crippen molar-refractivity contribution in [1.82, 2.24) is 0 Å². The third kappa shape index (κ3) is 3.79. The van der Waals surface area contributed by atoms with Gasteiger partial charge < -0.3 is 14.2 Å². The number of Topliss-reactive ketones (excluding diaryl/α,β-unsaturated/α-hetero) is 1. The topological polar surface area (TPSA) is 61.8 Å². The third-order valence-electron chi connectivity index (χ3n) is 5.24. The predicted molar refractivity (Wildman–Crippen MR) is 120 cm³/mol. The summed E-state index contributed by atoms with van der Waals surface area (Å²) in [7, 11) is 0. The zero-order valence-electron chi connectivity index (χ0n) is 17.0. The van der Waals surface area contributed by atoms with Crippen molar-refractivity contribution >= 4 is 29.4 Å². The van der Waals surface area contributed by atoms with Gasteiger partial charge in [-0.1, -0.05) is 29.8 Å². The van der Waals surface area contributed by atoms with Crippen LogP contribution in [0, 0.1) is 0 Å². The van der Waals surface area contributed by atoms with Crippen LogP contribution in [0.2, 0.25) is 5.02 Å². The highest BCUT2D eigenvalue weighted by atomic mass is 35.5. The average molecular weight is 445 g/mol. The fraction of sp³-hybridized carbons (Fsp3) is 0.0769. The zero-order chi connectivity index (χ0) is 22.2. The molecule has 0 radical (unpaired) electrons. The first-order valence-electron chi connectivity index (χ1n) is 10.0. The second-order valence-corrected chi connectivity index (χ2v) is 7.87. The fourth-order valence-electron chi connectivity index (χ4n) is 3.56. The van der Waals surface area contributed by atoms with Crippen molar-refractivity contribution in [1.29, 1.82) is 0 Å². The largest absolute Gasteiger partial charge is 0.485 e. The first-order chi connectivity index (χ1) is 15.5. The van der Waals surface area contributed by atoms with Gasteiger partial charge in [0, 0.05) is 16.7 Å². The molecule has 0 N–H and O–H groups in total. The Balaban J connectivity index is 1.38. The molecule has 0 spiro atoms. The van der Waals surface area contributed by atoms with E-state index in [2.05, 4.69) is 0 Å². The molecule has 3 aromatic rings. The van der Waals surface area contributed by atoms with Crippen LogP contribution in [0.1, 0.15) is 33.2 Å². The lowest BCUT2D eigenvalue weighted by molar-refractivity contribution is 0.0734. The van der Waals surface area contributed by atoms with Crippen LogP contribution in [0.4, 0.5) is 0 Å². The van der Waals surface area contributed by atoms with E-state index >= 15 is 0 Å². The number of fused-ring (bicyclic) bond motifs is 2. The number of halogens is 1. The van der Waals surface area contributed by atoms with E-state index in [1.807, 2.05) is 37.3 Å². The van der Waals surface area contributed by atoms with Gasteiger partial charge in [0.1, 0.15) is 23.4 Å². The molecule has 0 fully saturated rings. The number of ether oxygens (including phenoxy) is 3. The molecular formula is C26H17ClO5. The number of esters is 1. The van der Waals surface area contributed by atoms with Crippen LogP contribution in [-0.2, 0) is 0 Å². The van der Waals surface area contributed by atoms with Gasteiger partial charge >= 0.3 is 5.97 Å². The Morgan fingerprint density at radius 3 is 2.62 bits per heavy atom. The summed E-state index contributed by atoms with van der Waals surface area (Å²) in [6.07, 6.45) is 3.45. The molecular weight excluding hydrogens is 428 g/mol. The van der Waals surface area contributed by atoms with Crippen LogP contribution in [0.5, 0.6) is 17.2 Å². The van der Waals surface area contributed by atoms with E-state index in [4.69, 9.17) is 25.8 Å². The maximum absolute atomic E-state index is 12.8. The van der Waals surface area contributed by atoms with Crippen LogP contribution in [0.15, 0.2) is 84.1 Å². The molecule has 0 bridgehead atoms. The predicted octanol–water partition coefficient (Wildman–Crippen LogP) is 5.88. The van der Waals surface area contributed by atoms with Gasteiger partial charge in [0.05, 0.1) is 11.1 Å². The summed E-state index contributed by atoms with van der Waals surface area (Å²) < 4.78 is 17.2. The standard InChI is InChI=1S/C26H17ClO5/c1-15-18(12-17-4-2-3-5-22(17)30-15)13-24-25(28)21-11-10-20(14-23(21)32-24)31-26(29)16-6-8-19(27)9-7-16/h2-15H,1H3/b24-13-. The van der Waals surface area contributed by atoms with Crippen LogP contribution in [0.25, 0.3) is 6.08 Å². The van der Waals surface area contributed by atoms with E-state index in [9.17, 15) is 9.59 Å². The second-order valence-electron chi connectivity index (χ2n) is 7.44. The molecule has 6 heteroatoms. The van der Waals surface area contributed by atoms with Crippen molar-refractivity contribution in [3.63, 3.8) is 0 Å². The van der Waals surface area contributed by atoms with Crippen molar-refractivity contribution in [2.24, 2.45) is 0 Å². The summed E-state index contributed by atoms with van der Waals surface area (Å²) in [6.45, 7) is 1.92. The van der Waals surface area contributed by atoms with Gasteiger partial charge in [0.25, 0.3) is 0 Å². The van der Waals surface area contributed by atoms with Crippen molar-refractivity contribution in [3.05, 3.63) is 106 Å². The van der Waals surface area contributed by atoms with E-state index in [0.717, 1.165) is 16.9 Å². The molecule has 2 heterocycles. The smallest absolute Gasteiger partial charge is 0.343 e. The highest BCUT2D eigenvalue weighted by Gasteiger charge is 2.29. The highest BCUT2D eigenvalue weighted by molar-refractivity contribution is 6.30. The van der Waals surface area contributed by atoms with E-state index in [-0.39, 0.29) is 23.4 Å². The molecule has 2 aliphatic rings. The van der Waals surface area contributed by atoms with Gasteiger partial charge in [-0.15, -0.1) is 0 Å². The number of benzene rings is 3. The van der Waals surface area contributed by atoms with Gasteiger partial charge in [0.15, 0.2) is 5.76 Å². The molecule has 3 aromatic carbocycles. The Hall–Kier alpha value is -3.83. The molecule has 2 aliphatic heterocycles. The Kier molecular flexibility index (Phi) is 5.04. The number of hydrogen-bond acceptors (Lipinski definition) is 5. The number of hydrogen-bond donors (Lipinski definition) is 0. The molecule has 1 unspecified atom stereocenters. The van der Waals surface area contributed by atoms with E-state index < -0.39 is 5.97 Å². The van der Waals surface area contributed by atoms with E-state index in [1.54, 1.807) is 42.5 Å².